The van der Waals surface area contributed by atoms with Crippen LogP contribution in [0, 0.1) is 0 Å². The molecule has 2 N–H and O–H groups in total. The zero-order chi connectivity index (χ0) is 14.7. The summed E-state index contributed by atoms with van der Waals surface area (Å²) >= 11 is 0. The van der Waals surface area contributed by atoms with E-state index in [1.54, 1.807) is 0 Å². The molecular weight excluding hydrogens is 270 g/mol. The molecule has 0 aliphatic carbocycles. The van der Waals surface area contributed by atoms with Crippen molar-refractivity contribution in [3.63, 3.8) is 0 Å². The first-order valence-corrected chi connectivity index (χ1v) is 7.16. The molecule has 2 aromatic rings. The van der Waals surface area contributed by atoms with Gasteiger partial charge in [0.2, 0.25) is 5.82 Å². The van der Waals surface area contributed by atoms with E-state index in [4.69, 9.17) is 9.26 Å². The molecule has 2 heterocycles. The molecule has 6 heteroatoms. The van der Waals surface area contributed by atoms with Crippen LogP contribution in [-0.4, -0.2) is 34.9 Å². The van der Waals surface area contributed by atoms with Crippen LogP contribution in [0.15, 0.2) is 34.9 Å². The Hall–Kier alpha value is -1.76. The van der Waals surface area contributed by atoms with Crippen molar-refractivity contribution in [3.8, 4) is 0 Å². The summed E-state index contributed by atoms with van der Waals surface area (Å²) in [6.07, 6.45) is 0.186. The summed E-state index contributed by atoms with van der Waals surface area (Å²) in [4.78, 5) is 4.37. The largest absolute Gasteiger partial charge is 0.379 e. The van der Waals surface area contributed by atoms with Crippen LogP contribution in [0.1, 0.15) is 36.7 Å². The van der Waals surface area contributed by atoms with Crippen LogP contribution in [0.25, 0.3) is 0 Å². The van der Waals surface area contributed by atoms with Gasteiger partial charge in [0, 0.05) is 13.2 Å². The van der Waals surface area contributed by atoms with Crippen molar-refractivity contribution in [2.24, 2.45) is 0 Å². The number of nitrogens with one attached hydrogen (secondary N) is 1. The number of hydrogen-bond acceptors (Lipinski definition) is 6. The number of β-amino-alcohol motifs (C(OH)–C–C–N with tert-alkyl or cyclic N) is 1. The highest BCUT2D eigenvalue weighted by Gasteiger charge is 2.39. The number of aromatic nitrogens is 2. The summed E-state index contributed by atoms with van der Waals surface area (Å²) in [7, 11) is 0. The van der Waals surface area contributed by atoms with Crippen LogP contribution in [0.3, 0.4) is 0 Å². The van der Waals surface area contributed by atoms with Crippen molar-refractivity contribution >= 4 is 0 Å². The van der Waals surface area contributed by atoms with Gasteiger partial charge in [-0.15, -0.1) is 0 Å². The second-order valence-electron chi connectivity index (χ2n) is 5.16. The summed E-state index contributed by atoms with van der Waals surface area (Å²) in [6, 6.07) is 9.75. The van der Waals surface area contributed by atoms with Crippen LogP contribution in [0.5, 0.6) is 0 Å². The van der Waals surface area contributed by atoms with Gasteiger partial charge in [-0.1, -0.05) is 35.5 Å². The predicted octanol–water partition coefficient (Wildman–Crippen LogP) is 1.38. The molecule has 3 rings (SSSR count). The first-order valence-electron chi connectivity index (χ1n) is 7.16. The van der Waals surface area contributed by atoms with E-state index >= 15 is 0 Å². The monoisotopic (exact) mass is 289 g/mol. The molecule has 1 aromatic carbocycles. The maximum atomic E-state index is 10.5. The second-order valence-corrected chi connectivity index (χ2v) is 5.16. The lowest BCUT2D eigenvalue weighted by atomic mass is 10.0. The number of hydrogen-bond donors (Lipinski definition) is 2. The molecule has 2 unspecified atom stereocenters. The van der Waals surface area contributed by atoms with Crippen molar-refractivity contribution < 1.29 is 14.4 Å². The van der Waals surface area contributed by atoms with Crippen LogP contribution in [0.2, 0.25) is 0 Å². The van der Waals surface area contributed by atoms with E-state index < -0.39 is 5.60 Å². The van der Waals surface area contributed by atoms with Crippen molar-refractivity contribution in [1.82, 2.24) is 15.5 Å². The van der Waals surface area contributed by atoms with Crippen LogP contribution >= 0.6 is 0 Å². The molecule has 0 amide bonds. The third-order valence-corrected chi connectivity index (χ3v) is 3.64. The van der Waals surface area contributed by atoms with Crippen molar-refractivity contribution in [1.29, 1.82) is 0 Å². The van der Waals surface area contributed by atoms with Crippen LogP contribution in [0.4, 0.5) is 0 Å². The highest BCUT2D eigenvalue weighted by Crippen LogP contribution is 2.29. The molecule has 6 nitrogen and oxygen atoms in total. The molecule has 0 bridgehead atoms. The fraction of sp³-hybridized carbons (Fsp3) is 0.467. The van der Waals surface area contributed by atoms with E-state index in [1.165, 1.54) is 0 Å². The van der Waals surface area contributed by atoms with Gasteiger partial charge >= 0.3 is 0 Å². The number of nitrogens with zero attached hydrogens (tertiary/aromatic N) is 2. The number of aliphatic hydroxyl groups is 1. The minimum Gasteiger partial charge on any atom is -0.379 e. The minimum absolute atomic E-state index is 0.253. The maximum absolute atomic E-state index is 10.5. The lowest BCUT2D eigenvalue weighted by molar-refractivity contribution is 0.0242. The summed E-state index contributed by atoms with van der Waals surface area (Å²) in [5, 5.41) is 17.6. The zero-order valence-electron chi connectivity index (χ0n) is 12.0. The van der Waals surface area contributed by atoms with E-state index in [0.29, 0.717) is 25.4 Å². The molecule has 2 atom stereocenters. The van der Waals surface area contributed by atoms with Gasteiger partial charge in [0.1, 0.15) is 6.10 Å². The van der Waals surface area contributed by atoms with Gasteiger partial charge < -0.3 is 19.7 Å². The topological polar surface area (TPSA) is 80.4 Å². The standard InChI is InChI=1S/C15H19N3O3/c1-2-20-12(11-6-4-3-5-7-11)13-17-14(21-18-13)15(19)8-9-16-10-15/h3-7,12,16,19H,2,8-10H2,1H3. The Morgan fingerprint density at radius 3 is 2.90 bits per heavy atom. The Labute approximate surface area is 123 Å². The Bertz CT molecular complexity index is 579. The van der Waals surface area contributed by atoms with Gasteiger partial charge in [0.05, 0.1) is 0 Å². The molecule has 112 valence electrons. The lowest BCUT2D eigenvalue weighted by Crippen LogP contribution is -2.28. The molecule has 1 aliphatic heterocycles. The molecule has 1 saturated heterocycles. The summed E-state index contributed by atoms with van der Waals surface area (Å²) in [5.74, 6) is 0.696. The Kier molecular flexibility index (Phi) is 4.01. The van der Waals surface area contributed by atoms with Gasteiger partial charge in [-0.05, 0) is 25.5 Å². The summed E-state index contributed by atoms with van der Waals surface area (Å²) in [5.41, 5.74) is -0.109. The third-order valence-electron chi connectivity index (χ3n) is 3.64. The third kappa shape index (κ3) is 2.83. The quantitative estimate of drug-likeness (QED) is 0.865. The molecule has 1 aliphatic rings. The summed E-state index contributed by atoms with van der Waals surface area (Å²) < 4.78 is 11.0. The SMILES string of the molecule is CCOC(c1ccccc1)c1noc(C2(O)CCNC2)n1. The minimum atomic E-state index is -1.07. The van der Waals surface area contributed by atoms with Crippen LogP contribution < -0.4 is 5.32 Å². The van der Waals surface area contributed by atoms with E-state index in [-0.39, 0.29) is 12.0 Å². The number of rotatable bonds is 5. The first-order chi connectivity index (χ1) is 10.2. The fourth-order valence-corrected chi connectivity index (χ4v) is 2.51. The number of ether oxygens (including phenoxy) is 1. The van der Waals surface area contributed by atoms with E-state index in [1.807, 2.05) is 37.3 Å². The van der Waals surface area contributed by atoms with Gasteiger partial charge in [0.25, 0.3) is 5.89 Å². The normalized spacial score (nSPS) is 23.3. The van der Waals surface area contributed by atoms with E-state index in [9.17, 15) is 5.11 Å². The van der Waals surface area contributed by atoms with Gasteiger partial charge in [-0.25, -0.2) is 0 Å². The lowest BCUT2D eigenvalue weighted by Gasteiger charge is -2.15. The molecule has 0 radical (unpaired) electrons. The average Bonchev–Trinajstić information content (AvgIpc) is 3.16. The molecular formula is C15H19N3O3. The fourth-order valence-electron chi connectivity index (χ4n) is 2.51. The zero-order valence-corrected chi connectivity index (χ0v) is 12.0. The van der Waals surface area contributed by atoms with Gasteiger partial charge in [-0.3, -0.25) is 0 Å². The van der Waals surface area contributed by atoms with Crippen molar-refractivity contribution in [2.75, 3.05) is 19.7 Å². The van der Waals surface area contributed by atoms with Gasteiger partial charge in [-0.2, -0.15) is 4.98 Å². The second kappa shape index (κ2) is 5.93. The van der Waals surface area contributed by atoms with Gasteiger partial charge in [0.15, 0.2) is 5.60 Å². The van der Waals surface area contributed by atoms with E-state index in [0.717, 1.165) is 12.1 Å². The Morgan fingerprint density at radius 1 is 1.43 bits per heavy atom. The van der Waals surface area contributed by atoms with Crippen molar-refractivity contribution in [3.05, 3.63) is 47.6 Å². The highest BCUT2D eigenvalue weighted by molar-refractivity contribution is 5.23. The summed E-state index contributed by atoms with van der Waals surface area (Å²) in [6.45, 7) is 3.63. The highest BCUT2D eigenvalue weighted by atomic mass is 16.5. The first kappa shape index (κ1) is 14.2. The average molecular weight is 289 g/mol. The number of benzene rings is 1. The molecule has 21 heavy (non-hydrogen) atoms. The predicted molar refractivity (Wildman–Crippen MR) is 75.6 cm³/mol. The van der Waals surface area contributed by atoms with Crippen LogP contribution in [-0.2, 0) is 10.3 Å². The smallest absolute Gasteiger partial charge is 0.260 e. The van der Waals surface area contributed by atoms with Crippen molar-refractivity contribution in [2.45, 2.75) is 25.0 Å². The molecule has 1 fully saturated rings. The Morgan fingerprint density at radius 2 is 2.24 bits per heavy atom. The molecule has 1 aromatic heterocycles. The maximum Gasteiger partial charge on any atom is 0.260 e. The molecule has 0 spiro atoms. The molecule has 0 saturated carbocycles. The Balaban J connectivity index is 1.89. The van der Waals surface area contributed by atoms with E-state index in [2.05, 4.69) is 15.5 Å².